The first kappa shape index (κ1) is 24.9. The van der Waals surface area contributed by atoms with Gasteiger partial charge in [-0.2, -0.15) is 0 Å². The second kappa shape index (κ2) is 8.58. The van der Waals surface area contributed by atoms with E-state index in [0.717, 1.165) is 6.07 Å². The summed E-state index contributed by atoms with van der Waals surface area (Å²) < 4.78 is 52.5. The smallest absolute Gasteiger partial charge is 0.504 e. The van der Waals surface area contributed by atoms with Crippen LogP contribution in [0.15, 0.2) is 45.6 Å². The molecule has 0 fully saturated rings. The molecule has 0 saturated carbocycles. The number of phenolic OH excluding ortho intramolecular Hbond substituents is 1. The zero-order valence-corrected chi connectivity index (χ0v) is 18.4. The first-order chi connectivity index (χ1) is 15.1. The lowest BCUT2D eigenvalue weighted by atomic mass is 10.1. The van der Waals surface area contributed by atoms with Crippen LogP contribution in [0, 0.1) is 0 Å². The molecule has 15 nitrogen and oxygen atoms in total. The standard InChI is InChI=1S/C15H13O15P3/c16-8-6-9(7-4-2-1-3-5-7)27-12-10(8)11(17)13(28-31(18,19)20)15(30-33(24,25)26)14(12)29-32(21,22)23/h1-6,17H,(H2,18,19,20)(H2,21,22,23)(H2,24,25,26). The Hall–Kier alpha value is -2.70. The van der Waals surface area contributed by atoms with Gasteiger partial charge in [0.1, 0.15) is 11.1 Å². The lowest BCUT2D eigenvalue weighted by molar-refractivity contribution is 0.250. The summed E-state index contributed by atoms with van der Waals surface area (Å²) in [6, 6.07) is 8.46. The van der Waals surface area contributed by atoms with Gasteiger partial charge in [0.05, 0.1) is 0 Å². The molecule has 33 heavy (non-hydrogen) atoms. The highest BCUT2D eigenvalue weighted by Gasteiger charge is 2.37. The monoisotopic (exact) mass is 526 g/mol. The zero-order valence-electron chi connectivity index (χ0n) is 15.7. The number of fused-ring (bicyclic) bond motifs is 1. The average Bonchev–Trinajstić information content (AvgIpc) is 2.65. The molecule has 1 heterocycles. The fourth-order valence-corrected chi connectivity index (χ4v) is 3.87. The van der Waals surface area contributed by atoms with E-state index in [1.807, 2.05) is 0 Å². The molecule has 0 spiro atoms. The third-order valence-corrected chi connectivity index (χ3v) is 4.97. The van der Waals surface area contributed by atoms with Gasteiger partial charge < -0.3 is 23.1 Å². The number of benzene rings is 2. The van der Waals surface area contributed by atoms with Gasteiger partial charge >= 0.3 is 23.5 Å². The minimum atomic E-state index is -5.65. The van der Waals surface area contributed by atoms with Gasteiger partial charge in [0, 0.05) is 11.6 Å². The van der Waals surface area contributed by atoms with Crippen molar-refractivity contribution in [1.82, 2.24) is 0 Å². The molecule has 0 aliphatic heterocycles. The molecule has 1 aromatic heterocycles. The van der Waals surface area contributed by atoms with Gasteiger partial charge in [-0.25, -0.2) is 13.7 Å². The fourth-order valence-electron chi connectivity index (χ4n) is 2.66. The quantitative estimate of drug-likeness (QED) is 0.216. The molecule has 0 unspecified atom stereocenters. The molecule has 3 rings (SSSR count). The molecule has 178 valence electrons. The highest BCUT2D eigenvalue weighted by Crippen LogP contribution is 2.60. The number of phosphoric ester groups is 3. The van der Waals surface area contributed by atoms with Crippen LogP contribution in [0.5, 0.6) is 23.0 Å². The predicted octanol–water partition coefficient (Wildman–Crippen LogP) is 1.58. The van der Waals surface area contributed by atoms with E-state index in [2.05, 4.69) is 13.6 Å². The van der Waals surface area contributed by atoms with Crippen LogP contribution in [0.25, 0.3) is 22.3 Å². The normalized spacial score (nSPS) is 12.5. The topological polar surface area (TPSA) is 251 Å². The van der Waals surface area contributed by atoms with Crippen LogP contribution in [0.1, 0.15) is 0 Å². The maximum absolute atomic E-state index is 12.7. The minimum absolute atomic E-state index is 0.242. The Bertz CT molecular complexity index is 1410. The van der Waals surface area contributed by atoms with Crippen molar-refractivity contribution in [2.75, 3.05) is 0 Å². The van der Waals surface area contributed by atoms with Crippen molar-refractivity contribution in [1.29, 1.82) is 0 Å². The maximum Gasteiger partial charge on any atom is 0.525 e. The van der Waals surface area contributed by atoms with Crippen LogP contribution in [0.3, 0.4) is 0 Å². The van der Waals surface area contributed by atoms with Gasteiger partial charge in [-0.1, -0.05) is 30.3 Å². The van der Waals surface area contributed by atoms with Crippen molar-refractivity contribution in [3.63, 3.8) is 0 Å². The lowest BCUT2D eigenvalue weighted by Gasteiger charge is -2.20. The van der Waals surface area contributed by atoms with E-state index in [-0.39, 0.29) is 11.3 Å². The summed E-state index contributed by atoms with van der Waals surface area (Å²) in [5, 5.41) is 9.49. The summed E-state index contributed by atoms with van der Waals surface area (Å²) in [4.78, 5) is 67.8. The van der Waals surface area contributed by atoms with E-state index in [1.54, 1.807) is 18.2 Å². The Morgan fingerprint density at radius 3 is 1.73 bits per heavy atom. The third kappa shape index (κ3) is 6.01. The lowest BCUT2D eigenvalue weighted by Crippen LogP contribution is -2.06. The number of hydrogen-bond donors (Lipinski definition) is 7. The van der Waals surface area contributed by atoms with E-state index >= 15 is 0 Å². The van der Waals surface area contributed by atoms with Gasteiger partial charge in [-0.15, -0.1) is 0 Å². The van der Waals surface area contributed by atoms with Crippen LogP contribution in [0.2, 0.25) is 0 Å². The maximum atomic E-state index is 12.7. The second-order valence-electron chi connectivity index (χ2n) is 6.13. The zero-order chi connectivity index (χ0) is 24.8. The Morgan fingerprint density at radius 1 is 0.727 bits per heavy atom. The first-order valence-electron chi connectivity index (χ1n) is 8.23. The van der Waals surface area contributed by atoms with Gasteiger partial charge in [0.15, 0.2) is 16.8 Å². The molecule has 2 aromatic carbocycles. The van der Waals surface area contributed by atoms with Crippen molar-refractivity contribution >= 4 is 34.4 Å². The molecule has 0 bridgehead atoms. The van der Waals surface area contributed by atoms with E-state index in [4.69, 9.17) is 14.2 Å². The SMILES string of the molecule is O=c1cc(-c2ccccc2)oc2c(OP(=O)(O)O)c(OP(=O)(O)O)c(OP(=O)(O)O)c(O)c12. The first-order valence-corrected chi connectivity index (χ1v) is 12.8. The molecule has 3 aromatic rings. The minimum Gasteiger partial charge on any atom is -0.504 e. The Kier molecular flexibility index (Phi) is 6.48. The van der Waals surface area contributed by atoms with Gasteiger partial charge in [-0.3, -0.25) is 34.2 Å². The number of aromatic hydroxyl groups is 1. The summed E-state index contributed by atoms with van der Waals surface area (Å²) in [6.07, 6.45) is 0. The fraction of sp³-hybridized carbons (Fsp3) is 0. The largest absolute Gasteiger partial charge is 0.525 e. The van der Waals surface area contributed by atoms with Crippen LogP contribution in [-0.2, 0) is 13.7 Å². The van der Waals surface area contributed by atoms with E-state index in [1.165, 1.54) is 12.1 Å². The van der Waals surface area contributed by atoms with Crippen molar-refractivity contribution in [3.05, 3.63) is 46.6 Å². The molecule has 7 N–H and O–H groups in total. The molecule has 18 heteroatoms. The third-order valence-electron chi connectivity index (χ3n) is 3.71. The second-order valence-corrected chi connectivity index (χ2v) is 9.62. The van der Waals surface area contributed by atoms with Crippen molar-refractivity contribution in [2.24, 2.45) is 0 Å². The van der Waals surface area contributed by atoms with Crippen LogP contribution < -0.4 is 19.0 Å². The summed E-state index contributed by atoms with van der Waals surface area (Å²) in [5.74, 6) is -6.18. The van der Waals surface area contributed by atoms with Crippen LogP contribution >= 0.6 is 23.5 Å². The van der Waals surface area contributed by atoms with Crippen molar-refractivity contribution in [2.45, 2.75) is 0 Å². The molecule has 0 radical (unpaired) electrons. The average molecular weight is 526 g/mol. The molecule has 0 aliphatic rings. The van der Waals surface area contributed by atoms with Gasteiger partial charge in [-0.05, 0) is 0 Å². The molecule has 0 saturated heterocycles. The van der Waals surface area contributed by atoms with Crippen LogP contribution in [0.4, 0.5) is 0 Å². The summed E-state index contributed by atoms with van der Waals surface area (Å²) in [7, 11) is -16.9. The van der Waals surface area contributed by atoms with Crippen molar-refractivity contribution < 1.29 is 66.2 Å². The molecular formula is C15H13O15P3. The number of rotatable bonds is 7. The van der Waals surface area contributed by atoms with Gasteiger partial charge in [0.25, 0.3) is 0 Å². The summed E-state index contributed by atoms with van der Waals surface area (Å²) in [6.45, 7) is 0. The van der Waals surface area contributed by atoms with Crippen LogP contribution in [-0.4, -0.2) is 34.5 Å². The molecule has 0 amide bonds. The van der Waals surface area contributed by atoms with E-state index < -0.39 is 62.9 Å². The summed E-state index contributed by atoms with van der Waals surface area (Å²) in [5.41, 5.74) is -1.84. The highest BCUT2D eigenvalue weighted by atomic mass is 31.2. The molecular weight excluding hydrogens is 513 g/mol. The number of hydrogen-bond acceptors (Lipinski definition) is 9. The number of phosphoric acid groups is 3. The Labute approximate surface area is 182 Å². The molecule has 0 aliphatic carbocycles. The van der Waals surface area contributed by atoms with Crippen molar-refractivity contribution in [3.8, 4) is 34.3 Å². The van der Waals surface area contributed by atoms with Gasteiger partial charge in [0.2, 0.25) is 17.2 Å². The summed E-state index contributed by atoms with van der Waals surface area (Å²) >= 11 is 0. The number of phenols is 1. The highest BCUT2D eigenvalue weighted by molar-refractivity contribution is 7.47. The predicted molar refractivity (Wildman–Crippen MR) is 108 cm³/mol. The van der Waals surface area contributed by atoms with E-state index in [0.29, 0.717) is 0 Å². The Balaban J connectivity index is 2.53. The Morgan fingerprint density at radius 2 is 1.21 bits per heavy atom. The van der Waals surface area contributed by atoms with E-state index in [9.17, 15) is 43.2 Å². The molecule has 0 atom stereocenters.